The van der Waals surface area contributed by atoms with Gasteiger partial charge >= 0.3 is 5.97 Å². The minimum absolute atomic E-state index is 0. The van der Waals surface area contributed by atoms with Gasteiger partial charge in [0.15, 0.2) is 0 Å². The fourth-order valence-corrected chi connectivity index (χ4v) is 22.5. The van der Waals surface area contributed by atoms with Crippen LogP contribution in [0.4, 0.5) is 0 Å². The first-order valence-corrected chi connectivity index (χ1v) is 35.4. The summed E-state index contributed by atoms with van der Waals surface area (Å²) in [7, 11) is 0. The van der Waals surface area contributed by atoms with Crippen LogP contribution >= 0.6 is 0 Å². The standard InChI is InChI=1S/C15H28.C14H25NO.C14H24O2.2C14H26.C12H22O.H2/c1-7-9-15(8-2)11-13(3,4)10-14(5,6)12-15;2*1-6-14(7-11(15)16)9-12(2,3)8-13(4,5)10-14;1-7-14(8-2)10-12(3,4)9-13(5,6)11-14;1-6-7-8-12-9-13(2,3)11-14(4,5)10-12;1-11(2)7-10(5-6-13)8-12(3,4)9-11;/h8H,2,7,9-12H2,1,3-6H3;6H,1,7-10H2,2-5H3,(H2,15,16);6H,1,7-10H2,2-5H3,(H,15,16);7H,1,8-11H2,2-6H3;8H,6-7,9-11H2,1-5H3;5,13H,6-9H2,1-4H3;1H/i;;;;;;1+1. The summed E-state index contributed by atoms with van der Waals surface area (Å²) < 4.78 is 0. The molecule has 0 bridgehead atoms. The van der Waals surface area contributed by atoms with Gasteiger partial charge in [0.25, 0.3) is 0 Å². The first-order valence-electron chi connectivity index (χ1n) is 35.4. The molecule has 0 aliphatic heterocycles. The summed E-state index contributed by atoms with van der Waals surface area (Å²) in [6, 6.07) is 0. The van der Waals surface area contributed by atoms with Crippen molar-refractivity contribution in [2.75, 3.05) is 6.61 Å². The van der Waals surface area contributed by atoms with Gasteiger partial charge in [-0.15, -0.1) is 26.3 Å². The molecule has 6 fully saturated rings. The van der Waals surface area contributed by atoms with Gasteiger partial charge in [-0.25, -0.2) is 0 Å². The molecule has 6 saturated carbocycles. The number of rotatable bonds is 14. The van der Waals surface area contributed by atoms with E-state index in [9.17, 15) is 9.59 Å². The molecule has 0 atom stereocenters. The number of hydrogen-bond donors (Lipinski definition) is 3. The molecule has 0 heterocycles. The van der Waals surface area contributed by atoms with E-state index in [0.29, 0.717) is 60.6 Å². The van der Waals surface area contributed by atoms with E-state index in [0.717, 1.165) is 44.9 Å². The number of carbonyl (C=O) groups is 2. The van der Waals surface area contributed by atoms with Crippen LogP contribution in [0.25, 0.3) is 0 Å². The van der Waals surface area contributed by atoms with Crippen molar-refractivity contribution in [3.05, 3.63) is 73.9 Å². The molecule has 0 aromatic rings. The lowest BCUT2D eigenvalue weighted by atomic mass is 9.54. The van der Waals surface area contributed by atoms with Crippen molar-refractivity contribution < 1.29 is 21.2 Å². The van der Waals surface area contributed by atoms with Crippen molar-refractivity contribution in [3.8, 4) is 0 Å². The molecule has 1 amide bonds. The molecule has 6 rings (SSSR count). The molecule has 5 nitrogen and oxygen atoms in total. The number of aliphatic carboxylic acids is 1. The van der Waals surface area contributed by atoms with Crippen molar-refractivity contribution >= 4 is 11.9 Å². The Bertz CT molecular complexity index is 2170. The third-order valence-corrected chi connectivity index (χ3v) is 20.5. The number of hydrogen-bond acceptors (Lipinski definition) is 3. The summed E-state index contributed by atoms with van der Waals surface area (Å²) in [5, 5.41) is 17.9. The van der Waals surface area contributed by atoms with Crippen molar-refractivity contribution in [3.63, 3.8) is 0 Å². The number of primary amides is 1. The van der Waals surface area contributed by atoms with Crippen LogP contribution in [0.2, 0.25) is 0 Å². The molecule has 0 aromatic carbocycles. The summed E-state index contributed by atoms with van der Waals surface area (Å²) in [6.07, 6.45) is 41.5. The average molecular weight is 1230 g/mol. The van der Waals surface area contributed by atoms with Crippen LogP contribution < -0.4 is 5.73 Å². The largest absolute Gasteiger partial charge is 0.481 e. The van der Waals surface area contributed by atoms with Crippen molar-refractivity contribution in [1.29, 1.82) is 0 Å². The van der Waals surface area contributed by atoms with Gasteiger partial charge in [-0.3, -0.25) is 9.59 Å². The SMILES string of the molecule is C=CC1(CC(=O)O)CC(C)(C)CC(C)(C)C1.C=CC1(CC(N)=O)CC(C)(C)CC(C)(C)C1.C=CC1(CC)CC(C)(C)CC(C)(C)C1.C=CC1(CCC)CC(C)(C)CC(C)(C)C1.CC1(C)CC(=CCO)CC(C)(C)C1.CCCC=C1CC(C)(C)CC(C)(C)C1.[2HH]. The number of aliphatic hydroxyl groups is 1. The van der Waals surface area contributed by atoms with Gasteiger partial charge in [0.2, 0.25) is 5.91 Å². The van der Waals surface area contributed by atoms with Crippen molar-refractivity contribution in [2.45, 2.75) is 347 Å². The van der Waals surface area contributed by atoms with Crippen molar-refractivity contribution in [2.24, 2.45) is 92.4 Å². The lowest BCUT2D eigenvalue weighted by Gasteiger charge is -2.51. The summed E-state index contributed by atoms with van der Waals surface area (Å²) >= 11 is 0. The zero-order valence-electron chi connectivity index (χ0n) is 64.0. The Morgan fingerprint density at radius 2 is 0.636 bits per heavy atom. The molecular formula is C83H153NO4. The quantitative estimate of drug-likeness (QED) is 0.151. The van der Waals surface area contributed by atoms with Crippen LogP contribution in [0.3, 0.4) is 0 Å². The zero-order chi connectivity index (χ0) is 68.9. The Morgan fingerprint density at radius 3 is 0.864 bits per heavy atom. The molecule has 514 valence electrons. The molecule has 5 heteroatoms. The van der Waals surface area contributed by atoms with Crippen LogP contribution in [-0.4, -0.2) is 28.7 Å². The zero-order valence-corrected chi connectivity index (χ0v) is 64.0. The second-order valence-corrected chi connectivity index (χ2v) is 40.4. The summed E-state index contributed by atoms with van der Waals surface area (Å²) in [5.41, 5.74) is 13.6. The van der Waals surface area contributed by atoms with Crippen LogP contribution in [0.1, 0.15) is 349 Å². The molecule has 0 saturated heterocycles. The smallest absolute Gasteiger partial charge is 0.304 e. The predicted octanol–water partition coefficient (Wildman–Crippen LogP) is 25.5. The number of carbonyl (C=O) groups excluding carboxylic acids is 1. The highest BCUT2D eigenvalue weighted by molar-refractivity contribution is 5.75. The van der Waals surface area contributed by atoms with Crippen molar-refractivity contribution in [1.82, 2.24) is 0 Å². The molecule has 4 N–H and O–H groups in total. The van der Waals surface area contributed by atoms with Gasteiger partial charge in [-0.2, -0.15) is 0 Å². The molecule has 0 aromatic heterocycles. The van der Waals surface area contributed by atoms with Gasteiger partial charge in [0, 0.05) is 7.85 Å². The molecule has 0 unspecified atom stereocenters. The highest BCUT2D eigenvalue weighted by Crippen LogP contribution is 2.60. The number of unbranched alkanes of at least 4 members (excludes halogenated alkanes) is 1. The highest BCUT2D eigenvalue weighted by atomic mass is 16.4. The van der Waals surface area contributed by atoms with Gasteiger partial charge in [0.1, 0.15) is 0 Å². The number of nitrogens with two attached hydrogens (primary N) is 1. The second kappa shape index (κ2) is 31.1. The predicted molar refractivity (Wildman–Crippen MR) is 391 cm³/mol. The fraction of sp³-hybridized carbons (Fsp3) is 0.831. The maximum absolute atomic E-state index is 11.2. The first kappa shape index (κ1) is 83.4. The molecule has 88 heavy (non-hydrogen) atoms. The highest BCUT2D eigenvalue weighted by Gasteiger charge is 2.50. The van der Waals surface area contributed by atoms with E-state index < -0.39 is 5.97 Å². The van der Waals surface area contributed by atoms with Gasteiger partial charge in [-0.1, -0.05) is 247 Å². The normalized spacial score (nSPS) is 26.4. The summed E-state index contributed by atoms with van der Waals surface area (Å²) in [5.74, 6) is -0.929. The number of aliphatic hydroxyl groups excluding tert-OH is 1. The second-order valence-electron chi connectivity index (χ2n) is 40.4. The minimum Gasteiger partial charge on any atom is -0.481 e. The van der Waals surface area contributed by atoms with E-state index in [-0.39, 0.29) is 52.9 Å². The van der Waals surface area contributed by atoms with Crippen LogP contribution in [0, 0.1) is 86.6 Å². The maximum atomic E-state index is 11.2. The first-order chi connectivity index (χ1) is 39.4. The third kappa shape index (κ3) is 30.0. The van der Waals surface area contributed by atoms with E-state index in [1.165, 1.54) is 108 Å². The summed E-state index contributed by atoms with van der Waals surface area (Å²) in [4.78, 5) is 22.2. The Labute approximate surface area is 550 Å². The number of carboxylic acids is 1. The molecule has 0 spiro atoms. The van der Waals surface area contributed by atoms with Gasteiger partial charge in [0.05, 0.1) is 13.0 Å². The fourth-order valence-electron chi connectivity index (χ4n) is 22.5. The lowest BCUT2D eigenvalue weighted by molar-refractivity contribution is -0.141. The summed E-state index contributed by atoms with van der Waals surface area (Å²) in [6.45, 7) is 79.2. The van der Waals surface area contributed by atoms with Crippen LogP contribution in [0.15, 0.2) is 73.9 Å². The van der Waals surface area contributed by atoms with Gasteiger partial charge < -0.3 is 15.9 Å². The third-order valence-electron chi connectivity index (χ3n) is 20.5. The van der Waals surface area contributed by atoms with E-state index in [2.05, 4.69) is 231 Å². The number of amides is 1. The van der Waals surface area contributed by atoms with Gasteiger partial charge in [-0.05, 0) is 221 Å². The Balaban J connectivity index is 0.00000104. The maximum Gasteiger partial charge on any atom is 0.304 e. The number of allylic oxidation sites excluding steroid dienone is 7. The molecule has 6 aliphatic carbocycles. The topological polar surface area (TPSA) is 101 Å². The Kier molecular flexibility index (Phi) is 29.4. The lowest BCUT2D eigenvalue weighted by Crippen LogP contribution is -2.42. The van der Waals surface area contributed by atoms with E-state index in [1.54, 1.807) is 5.57 Å². The molecular weight excluding hydrogens is 1070 g/mol. The van der Waals surface area contributed by atoms with E-state index >= 15 is 0 Å². The van der Waals surface area contributed by atoms with E-state index in [4.69, 9.17) is 15.9 Å². The molecule has 6 aliphatic rings. The van der Waals surface area contributed by atoms with E-state index in [1.807, 2.05) is 18.2 Å². The Hall–Kier alpha value is -2.66. The Morgan fingerprint density at radius 1 is 0.386 bits per heavy atom. The minimum atomic E-state index is -0.714. The monoisotopic (exact) mass is 1230 g/mol. The average Bonchev–Trinajstić information content (AvgIpc) is 3.25. The van der Waals surface area contributed by atoms with Crippen LogP contribution in [0.5, 0.6) is 0 Å². The van der Waals surface area contributed by atoms with Crippen LogP contribution in [-0.2, 0) is 9.59 Å². The number of carboxylic acid groups (broad SMARTS) is 1. The molecule has 0 radical (unpaired) electrons.